The minimum Gasteiger partial charge on any atom is -0.346 e. The molecular formula is C18H29ClN4O3. The maximum Gasteiger partial charge on any atom is 0.243 e. The molecule has 0 fully saturated rings. The minimum atomic E-state index is -0.660. The first-order valence-electron chi connectivity index (χ1n) is 8.41. The Morgan fingerprint density at radius 1 is 1.19 bits per heavy atom. The first-order valence-corrected chi connectivity index (χ1v) is 8.41. The molecule has 0 bridgehead atoms. The van der Waals surface area contributed by atoms with Crippen LogP contribution in [0.3, 0.4) is 0 Å². The number of hydrogen-bond acceptors (Lipinski definition) is 4. The second-order valence-electron chi connectivity index (χ2n) is 6.30. The van der Waals surface area contributed by atoms with E-state index in [1.807, 2.05) is 45.0 Å². The van der Waals surface area contributed by atoms with Crippen LogP contribution in [0, 0.1) is 5.92 Å². The Kier molecular flexibility index (Phi) is 10.6. The van der Waals surface area contributed by atoms with Crippen LogP contribution in [-0.4, -0.2) is 48.8 Å². The number of nitrogens with zero attached hydrogens (tertiary/aromatic N) is 1. The van der Waals surface area contributed by atoms with Crippen LogP contribution in [0.25, 0.3) is 0 Å². The van der Waals surface area contributed by atoms with Gasteiger partial charge >= 0.3 is 0 Å². The van der Waals surface area contributed by atoms with Crippen LogP contribution in [0.5, 0.6) is 0 Å². The maximum absolute atomic E-state index is 12.1. The average molecular weight is 385 g/mol. The van der Waals surface area contributed by atoms with E-state index in [9.17, 15) is 14.4 Å². The number of anilines is 1. The molecule has 1 rings (SSSR count). The summed E-state index contributed by atoms with van der Waals surface area (Å²) < 4.78 is 0. The highest BCUT2D eigenvalue weighted by Crippen LogP contribution is 2.15. The third-order valence-electron chi connectivity index (χ3n) is 3.91. The standard InChI is InChI=1S/C18H28N4O3.ClH/c1-5-13-8-6-7-9-14(13)21-15(23)11-22(4)16(24)10-20-18(25)17(19)12(2)3;/h6-9,12,17H,5,10-11,19H2,1-4H3,(H,20,25)(H,21,23);1H/t17-;/m0./s1. The summed E-state index contributed by atoms with van der Waals surface area (Å²) >= 11 is 0. The molecule has 1 atom stereocenters. The third-order valence-corrected chi connectivity index (χ3v) is 3.91. The van der Waals surface area contributed by atoms with Gasteiger partial charge in [-0.2, -0.15) is 0 Å². The summed E-state index contributed by atoms with van der Waals surface area (Å²) in [5.41, 5.74) is 7.49. The number of nitrogens with one attached hydrogen (secondary N) is 2. The van der Waals surface area contributed by atoms with Crippen molar-refractivity contribution in [2.24, 2.45) is 11.7 Å². The van der Waals surface area contributed by atoms with Gasteiger partial charge in [-0.15, -0.1) is 12.4 Å². The predicted molar refractivity (Wildman–Crippen MR) is 105 cm³/mol. The molecule has 0 unspecified atom stereocenters. The molecule has 146 valence electrons. The van der Waals surface area contributed by atoms with Crippen molar-refractivity contribution in [1.82, 2.24) is 10.2 Å². The monoisotopic (exact) mass is 384 g/mol. The molecule has 8 heteroatoms. The molecule has 0 aliphatic carbocycles. The Labute approximate surface area is 161 Å². The summed E-state index contributed by atoms with van der Waals surface area (Å²) in [5, 5.41) is 5.30. The first-order chi connectivity index (χ1) is 11.8. The second kappa shape index (κ2) is 11.5. The summed E-state index contributed by atoms with van der Waals surface area (Å²) in [6.07, 6.45) is 0.799. The predicted octanol–water partition coefficient (Wildman–Crippen LogP) is 1.17. The van der Waals surface area contributed by atoms with Crippen LogP contribution in [0.2, 0.25) is 0 Å². The lowest BCUT2D eigenvalue weighted by Gasteiger charge is -2.19. The minimum absolute atomic E-state index is 0. The van der Waals surface area contributed by atoms with E-state index in [1.165, 1.54) is 11.9 Å². The van der Waals surface area contributed by atoms with Gasteiger partial charge in [-0.1, -0.05) is 39.0 Å². The number of benzene rings is 1. The summed E-state index contributed by atoms with van der Waals surface area (Å²) in [5.74, 6) is -1.04. The van der Waals surface area contributed by atoms with Gasteiger partial charge in [0.1, 0.15) is 0 Å². The van der Waals surface area contributed by atoms with Crippen molar-refractivity contribution >= 4 is 35.8 Å². The fourth-order valence-corrected chi connectivity index (χ4v) is 2.16. The Morgan fingerprint density at radius 3 is 2.38 bits per heavy atom. The van der Waals surface area contributed by atoms with Crippen molar-refractivity contribution in [2.45, 2.75) is 33.2 Å². The van der Waals surface area contributed by atoms with E-state index < -0.39 is 6.04 Å². The van der Waals surface area contributed by atoms with E-state index in [4.69, 9.17) is 5.73 Å². The van der Waals surface area contributed by atoms with Crippen molar-refractivity contribution in [2.75, 3.05) is 25.5 Å². The summed E-state index contributed by atoms with van der Waals surface area (Å²) in [7, 11) is 1.52. The molecular weight excluding hydrogens is 356 g/mol. The summed E-state index contributed by atoms with van der Waals surface area (Å²) in [6, 6.07) is 6.86. The molecule has 0 spiro atoms. The van der Waals surface area contributed by atoms with Crippen LogP contribution in [0.15, 0.2) is 24.3 Å². The smallest absolute Gasteiger partial charge is 0.243 e. The number of aryl methyl sites for hydroxylation is 1. The Bertz CT molecular complexity index is 622. The SMILES string of the molecule is CCc1ccccc1NC(=O)CN(C)C(=O)CNC(=O)[C@@H](N)C(C)C.Cl. The highest BCUT2D eigenvalue weighted by molar-refractivity contribution is 5.95. The molecule has 0 saturated carbocycles. The lowest BCUT2D eigenvalue weighted by atomic mass is 10.1. The lowest BCUT2D eigenvalue weighted by Crippen LogP contribution is -2.48. The van der Waals surface area contributed by atoms with Gasteiger partial charge in [0.15, 0.2) is 0 Å². The van der Waals surface area contributed by atoms with E-state index in [1.54, 1.807) is 0 Å². The van der Waals surface area contributed by atoms with E-state index in [-0.39, 0.29) is 49.1 Å². The number of para-hydroxylation sites is 1. The Hall–Kier alpha value is -2.12. The van der Waals surface area contributed by atoms with Gasteiger partial charge in [-0.25, -0.2) is 0 Å². The van der Waals surface area contributed by atoms with Gasteiger partial charge in [0.2, 0.25) is 17.7 Å². The molecule has 4 N–H and O–H groups in total. The number of likely N-dealkylation sites (N-methyl/N-ethyl adjacent to an activating group) is 1. The van der Waals surface area contributed by atoms with E-state index in [0.717, 1.165) is 17.7 Å². The number of carbonyl (C=O) groups excluding carboxylic acids is 3. The number of carbonyl (C=O) groups is 3. The van der Waals surface area contributed by atoms with Gasteiger partial charge in [0.25, 0.3) is 0 Å². The molecule has 0 radical (unpaired) electrons. The average Bonchev–Trinajstić information content (AvgIpc) is 2.58. The fraction of sp³-hybridized carbons (Fsp3) is 0.500. The van der Waals surface area contributed by atoms with Gasteiger partial charge in [0, 0.05) is 12.7 Å². The topological polar surface area (TPSA) is 105 Å². The lowest BCUT2D eigenvalue weighted by molar-refractivity contribution is -0.134. The number of hydrogen-bond donors (Lipinski definition) is 3. The number of rotatable bonds is 8. The van der Waals surface area contributed by atoms with Gasteiger partial charge in [-0.05, 0) is 24.0 Å². The fourth-order valence-electron chi connectivity index (χ4n) is 2.16. The molecule has 7 nitrogen and oxygen atoms in total. The van der Waals surface area contributed by atoms with Gasteiger partial charge in [0.05, 0.1) is 19.1 Å². The molecule has 3 amide bonds. The third kappa shape index (κ3) is 7.41. The number of amides is 3. The van der Waals surface area contributed by atoms with Crippen molar-refractivity contribution in [3.63, 3.8) is 0 Å². The zero-order chi connectivity index (χ0) is 19.0. The van der Waals surface area contributed by atoms with Crippen molar-refractivity contribution < 1.29 is 14.4 Å². The highest BCUT2D eigenvalue weighted by Gasteiger charge is 2.19. The summed E-state index contributed by atoms with van der Waals surface area (Å²) in [6.45, 7) is 5.39. The Morgan fingerprint density at radius 2 is 1.81 bits per heavy atom. The maximum atomic E-state index is 12.1. The Balaban J connectivity index is 0.00000625. The molecule has 26 heavy (non-hydrogen) atoms. The van der Waals surface area contributed by atoms with E-state index in [2.05, 4.69) is 10.6 Å². The van der Waals surface area contributed by atoms with Crippen molar-refractivity contribution in [1.29, 1.82) is 0 Å². The molecule has 0 saturated heterocycles. The summed E-state index contributed by atoms with van der Waals surface area (Å²) in [4.78, 5) is 37.2. The van der Waals surface area contributed by atoms with Crippen LogP contribution in [0.4, 0.5) is 5.69 Å². The molecule has 0 heterocycles. The highest BCUT2D eigenvalue weighted by atomic mass is 35.5. The molecule has 1 aromatic rings. The number of nitrogens with two attached hydrogens (primary N) is 1. The van der Waals surface area contributed by atoms with Crippen LogP contribution >= 0.6 is 12.4 Å². The largest absolute Gasteiger partial charge is 0.346 e. The van der Waals surface area contributed by atoms with Gasteiger partial charge < -0.3 is 21.3 Å². The van der Waals surface area contributed by atoms with Crippen LogP contribution < -0.4 is 16.4 Å². The van der Waals surface area contributed by atoms with Crippen molar-refractivity contribution in [3.05, 3.63) is 29.8 Å². The number of halogens is 1. The van der Waals surface area contributed by atoms with Crippen molar-refractivity contribution in [3.8, 4) is 0 Å². The van der Waals surface area contributed by atoms with Crippen LogP contribution in [0.1, 0.15) is 26.3 Å². The molecule has 1 aromatic carbocycles. The normalized spacial score (nSPS) is 11.3. The molecule has 0 aliphatic rings. The molecule has 0 aliphatic heterocycles. The quantitative estimate of drug-likeness (QED) is 0.625. The van der Waals surface area contributed by atoms with E-state index in [0.29, 0.717) is 0 Å². The second-order valence-corrected chi connectivity index (χ2v) is 6.30. The zero-order valence-corrected chi connectivity index (χ0v) is 16.6. The van der Waals surface area contributed by atoms with Crippen LogP contribution in [-0.2, 0) is 20.8 Å². The molecule has 0 aromatic heterocycles. The first kappa shape index (κ1) is 23.9. The van der Waals surface area contributed by atoms with Gasteiger partial charge in [-0.3, -0.25) is 14.4 Å². The van der Waals surface area contributed by atoms with E-state index >= 15 is 0 Å². The zero-order valence-electron chi connectivity index (χ0n) is 15.7.